The van der Waals surface area contributed by atoms with Gasteiger partial charge in [0.05, 0.1) is 10.9 Å². The summed E-state index contributed by atoms with van der Waals surface area (Å²) in [6.45, 7) is 4.33. The minimum Gasteiger partial charge on any atom is -0.337 e. The molecule has 2 aliphatic rings. The van der Waals surface area contributed by atoms with E-state index in [2.05, 4.69) is 10.6 Å². The van der Waals surface area contributed by atoms with E-state index in [4.69, 9.17) is 11.6 Å². The molecule has 5 nitrogen and oxygen atoms in total. The molecule has 7 heteroatoms. The van der Waals surface area contributed by atoms with Crippen molar-refractivity contribution in [1.29, 1.82) is 0 Å². The zero-order valence-electron chi connectivity index (χ0n) is 12.3. The molecule has 2 heterocycles. The van der Waals surface area contributed by atoms with Crippen LogP contribution in [0.1, 0.15) is 13.3 Å². The standard InChI is InChI=1S/C15H18ClN3O2S/c1-9-8-17-4-5-19(9)14(20)7-13-15(21)18-11-6-10(16)2-3-12(11)22-13/h2-3,6,9,13,17H,4-5,7-8H2,1H3,(H,18,21)/t9-,13?/m0/s1. The number of hydrogen-bond donors (Lipinski definition) is 2. The van der Waals surface area contributed by atoms with Crippen LogP contribution in [0.4, 0.5) is 5.69 Å². The van der Waals surface area contributed by atoms with Crippen LogP contribution in [0.3, 0.4) is 0 Å². The van der Waals surface area contributed by atoms with Gasteiger partial charge in [0.1, 0.15) is 0 Å². The van der Waals surface area contributed by atoms with Gasteiger partial charge in [-0.3, -0.25) is 9.59 Å². The molecule has 1 aromatic carbocycles. The SMILES string of the molecule is C[C@H]1CNCCN1C(=O)CC1Sc2ccc(Cl)cc2NC1=O. The summed E-state index contributed by atoms with van der Waals surface area (Å²) >= 11 is 7.37. The lowest BCUT2D eigenvalue weighted by Gasteiger charge is -2.35. The van der Waals surface area contributed by atoms with Crippen molar-refractivity contribution in [2.75, 3.05) is 25.0 Å². The number of piperazine rings is 1. The third-order valence-corrected chi connectivity index (χ3v) is 5.45. The molecule has 0 bridgehead atoms. The molecule has 0 aliphatic carbocycles. The van der Waals surface area contributed by atoms with Crippen molar-refractivity contribution in [2.45, 2.75) is 29.5 Å². The smallest absolute Gasteiger partial charge is 0.238 e. The summed E-state index contributed by atoms with van der Waals surface area (Å²) in [6.07, 6.45) is 0.225. The van der Waals surface area contributed by atoms with Gasteiger partial charge in [-0.05, 0) is 25.1 Å². The van der Waals surface area contributed by atoms with E-state index in [0.29, 0.717) is 11.6 Å². The Hall–Kier alpha value is -1.24. The fraction of sp³-hybridized carbons (Fsp3) is 0.467. The van der Waals surface area contributed by atoms with Crippen molar-refractivity contribution in [3.63, 3.8) is 0 Å². The number of carbonyl (C=O) groups is 2. The molecule has 1 aromatic rings. The van der Waals surface area contributed by atoms with Crippen LogP contribution >= 0.6 is 23.4 Å². The van der Waals surface area contributed by atoms with Crippen molar-refractivity contribution in [1.82, 2.24) is 10.2 Å². The molecule has 22 heavy (non-hydrogen) atoms. The van der Waals surface area contributed by atoms with Crippen molar-refractivity contribution in [3.8, 4) is 0 Å². The first-order valence-electron chi connectivity index (χ1n) is 7.32. The summed E-state index contributed by atoms with van der Waals surface area (Å²) in [4.78, 5) is 27.5. The second-order valence-electron chi connectivity index (χ2n) is 5.58. The highest BCUT2D eigenvalue weighted by atomic mass is 35.5. The van der Waals surface area contributed by atoms with Crippen LogP contribution in [0.2, 0.25) is 5.02 Å². The topological polar surface area (TPSA) is 61.4 Å². The molecule has 1 unspecified atom stereocenters. The van der Waals surface area contributed by atoms with Gasteiger partial charge in [0.2, 0.25) is 11.8 Å². The normalized spacial score (nSPS) is 24.6. The summed E-state index contributed by atoms with van der Waals surface area (Å²) in [5.74, 6) is -0.0880. The first-order chi connectivity index (χ1) is 10.5. The fourth-order valence-electron chi connectivity index (χ4n) is 2.74. The van der Waals surface area contributed by atoms with E-state index in [1.807, 2.05) is 17.9 Å². The molecule has 0 aromatic heterocycles. The molecular weight excluding hydrogens is 322 g/mol. The average Bonchev–Trinajstić information content (AvgIpc) is 2.48. The molecule has 1 saturated heterocycles. The first-order valence-corrected chi connectivity index (χ1v) is 8.57. The number of anilines is 1. The summed E-state index contributed by atoms with van der Waals surface area (Å²) in [7, 11) is 0. The Balaban J connectivity index is 1.69. The maximum absolute atomic E-state index is 12.5. The number of nitrogens with one attached hydrogen (secondary N) is 2. The van der Waals surface area contributed by atoms with E-state index in [-0.39, 0.29) is 29.5 Å². The summed E-state index contributed by atoms with van der Waals surface area (Å²) in [5.41, 5.74) is 0.724. The van der Waals surface area contributed by atoms with Crippen LogP contribution in [0.5, 0.6) is 0 Å². The van der Waals surface area contributed by atoms with Crippen LogP contribution in [0.15, 0.2) is 23.1 Å². The van der Waals surface area contributed by atoms with E-state index in [9.17, 15) is 9.59 Å². The summed E-state index contributed by atoms with van der Waals surface area (Å²) in [6, 6.07) is 5.58. The second kappa shape index (κ2) is 6.48. The number of fused-ring (bicyclic) bond motifs is 1. The minimum atomic E-state index is -0.386. The molecule has 1 fully saturated rings. The lowest BCUT2D eigenvalue weighted by atomic mass is 10.1. The quantitative estimate of drug-likeness (QED) is 0.864. The van der Waals surface area contributed by atoms with E-state index in [1.165, 1.54) is 11.8 Å². The van der Waals surface area contributed by atoms with Gasteiger partial charge in [-0.2, -0.15) is 0 Å². The second-order valence-corrected chi connectivity index (χ2v) is 7.26. The zero-order chi connectivity index (χ0) is 15.7. The number of carbonyl (C=O) groups excluding carboxylic acids is 2. The third-order valence-electron chi connectivity index (χ3n) is 3.94. The molecule has 2 aliphatic heterocycles. The molecule has 0 saturated carbocycles. The summed E-state index contributed by atoms with van der Waals surface area (Å²) < 4.78 is 0. The largest absolute Gasteiger partial charge is 0.337 e. The molecule has 0 spiro atoms. The van der Waals surface area contributed by atoms with Crippen LogP contribution in [-0.2, 0) is 9.59 Å². The van der Waals surface area contributed by atoms with Crippen molar-refractivity contribution >= 4 is 40.9 Å². The highest BCUT2D eigenvalue weighted by Gasteiger charge is 2.32. The highest BCUT2D eigenvalue weighted by molar-refractivity contribution is 8.01. The Morgan fingerprint density at radius 3 is 3.09 bits per heavy atom. The Bertz CT molecular complexity index is 610. The Morgan fingerprint density at radius 1 is 1.50 bits per heavy atom. The van der Waals surface area contributed by atoms with Gasteiger partial charge < -0.3 is 15.5 Å². The monoisotopic (exact) mass is 339 g/mol. The third kappa shape index (κ3) is 3.24. The van der Waals surface area contributed by atoms with Gasteiger partial charge in [0, 0.05) is 42.0 Å². The van der Waals surface area contributed by atoms with Crippen LogP contribution < -0.4 is 10.6 Å². The van der Waals surface area contributed by atoms with Gasteiger partial charge in [-0.15, -0.1) is 11.8 Å². The highest BCUT2D eigenvalue weighted by Crippen LogP contribution is 2.38. The number of nitrogens with zero attached hydrogens (tertiary/aromatic N) is 1. The van der Waals surface area contributed by atoms with Crippen LogP contribution in [0.25, 0.3) is 0 Å². The van der Waals surface area contributed by atoms with Crippen molar-refractivity contribution in [2.24, 2.45) is 0 Å². The molecule has 2 atom stereocenters. The lowest BCUT2D eigenvalue weighted by Crippen LogP contribution is -2.53. The molecular formula is C15H18ClN3O2S. The predicted molar refractivity (Wildman–Crippen MR) is 88.4 cm³/mol. The molecule has 0 radical (unpaired) electrons. The number of rotatable bonds is 2. The van der Waals surface area contributed by atoms with E-state index in [1.54, 1.807) is 12.1 Å². The number of halogens is 1. The van der Waals surface area contributed by atoms with E-state index < -0.39 is 0 Å². The molecule has 3 rings (SSSR count). The average molecular weight is 340 g/mol. The summed E-state index contributed by atoms with van der Waals surface area (Å²) in [5, 5.41) is 6.30. The number of hydrogen-bond acceptors (Lipinski definition) is 4. The fourth-order valence-corrected chi connectivity index (χ4v) is 4.00. The first kappa shape index (κ1) is 15.6. The van der Waals surface area contributed by atoms with Gasteiger partial charge >= 0.3 is 0 Å². The predicted octanol–water partition coefficient (Wildman–Crippen LogP) is 1.96. The van der Waals surface area contributed by atoms with E-state index >= 15 is 0 Å². The van der Waals surface area contributed by atoms with Gasteiger partial charge in [-0.1, -0.05) is 11.6 Å². The Morgan fingerprint density at radius 2 is 2.32 bits per heavy atom. The van der Waals surface area contributed by atoms with Crippen molar-refractivity contribution < 1.29 is 9.59 Å². The Kier molecular flexibility index (Phi) is 4.61. The number of thioether (sulfide) groups is 1. The number of amides is 2. The zero-order valence-corrected chi connectivity index (χ0v) is 13.8. The van der Waals surface area contributed by atoms with Crippen LogP contribution in [-0.4, -0.2) is 47.6 Å². The lowest BCUT2D eigenvalue weighted by molar-refractivity contribution is -0.135. The maximum Gasteiger partial charge on any atom is 0.238 e. The number of benzene rings is 1. The molecule has 2 N–H and O–H groups in total. The minimum absolute atomic E-state index is 0.0408. The van der Waals surface area contributed by atoms with Crippen molar-refractivity contribution in [3.05, 3.63) is 23.2 Å². The van der Waals surface area contributed by atoms with Gasteiger partial charge in [0.25, 0.3) is 0 Å². The maximum atomic E-state index is 12.5. The molecule has 118 valence electrons. The van der Waals surface area contributed by atoms with Crippen LogP contribution in [0, 0.1) is 0 Å². The van der Waals surface area contributed by atoms with E-state index in [0.717, 1.165) is 23.7 Å². The van der Waals surface area contributed by atoms with Gasteiger partial charge in [-0.25, -0.2) is 0 Å². The Labute approximate surface area is 138 Å². The molecule has 2 amide bonds. The van der Waals surface area contributed by atoms with Gasteiger partial charge in [0.15, 0.2) is 0 Å².